The molecule has 2 heterocycles. The Morgan fingerprint density at radius 1 is 1.21 bits per heavy atom. The van der Waals surface area contributed by atoms with E-state index in [0.29, 0.717) is 59.1 Å². The van der Waals surface area contributed by atoms with Gasteiger partial charge in [0.2, 0.25) is 0 Å². The number of hydrogen-bond donors (Lipinski definition) is 1. The highest BCUT2D eigenvalue weighted by molar-refractivity contribution is 5.94. The first-order valence-corrected chi connectivity index (χ1v) is 11.9. The molecule has 9 heteroatoms. The highest BCUT2D eigenvalue weighted by Gasteiger charge is 2.28. The van der Waals surface area contributed by atoms with Gasteiger partial charge in [-0.05, 0) is 26.0 Å². The largest absolute Gasteiger partial charge is 0.389 e. The third kappa shape index (κ3) is 8.59. The van der Waals surface area contributed by atoms with E-state index in [4.69, 9.17) is 14.2 Å². The molecule has 2 aliphatic rings. The van der Waals surface area contributed by atoms with Crippen molar-refractivity contribution in [2.24, 2.45) is 0 Å². The van der Waals surface area contributed by atoms with Crippen LogP contribution in [0.5, 0.6) is 0 Å². The smallest absolute Gasteiger partial charge is 0.256 e. The number of hydrogen-bond acceptors (Lipinski definition) is 7. The monoisotopic (exact) mass is 467 g/mol. The van der Waals surface area contributed by atoms with Gasteiger partial charge in [0.25, 0.3) is 5.91 Å². The van der Waals surface area contributed by atoms with Crippen LogP contribution in [0.25, 0.3) is 0 Å². The molecule has 3 rings (SSSR count). The number of amides is 1. The van der Waals surface area contributed by atoms with Crippen LogP contribution in [0.1, 0.15) is 24.2 Å². The maximum atomic E-state index is 14.4. The number of aliphatic hydroxyl groups excluding tert-OH is 1. The summed E-state index contributed by atoms with van der Waals surface area (Å²) in [5.41, 5.74) is 0.0772. The van der Waals surface area contributed by atoms with Gasteiger partial charge in [0, 0.05) is 52.4 Å². The lowest BCUT2D eigenvalue weighted by Gasteiger charge is -2.37. The van der Waals surface area contributed by atoms with E-state index in [0.717, 1.165) is 13.1 Å². The van der Waals surface area contributed by atoms with Crippen molar-refractivity contribution in [3.8, 4) is 0 Å². The van der Waals surface area contributed by atoms with E-state index in [-0.39, 0.29) is 30.3 Å². The van der Waals surface area contributed by atoms with Crippen LogP contribution in [0.3, 0.4) is 0 Å². The van der Waals surface area contributed by atoms with E-state index < -0.39 is 11.9 Å². The predicted octanol–water partition coefficient (Wildman–Crippen LogP) is 1.09. The van der Waals surface area contributed by atoms with Gasteiger partial charge in [-0.3, -0.25) is 14.6 Å². The zero-order valence-electron chi connectivity index (χ0n) is 19.8. The number of nitrogens with zero attached hydrogens (tertiary/aromatic N) is 3. The lowest BCUT2D eigenvalue weighted by molar-refractivity contribution is -0.0633. The van der Waals surface area contributed by atoms with Crippen LogP contribution < -0.4 is 0 Å². The molecule has 2 aliphatic heterocycles. The summed E-state index contributed by atoms with van der Waals surface area (Å²) in [5, 5.41) is 10.3. The minimum atomic E-state index is -0.580. The number of morpholine rings is 2. The third-order valence-corrected chi connectivity index (χ3v) is 5.92. The molecular weight excluding hydrogens is 429 g/mol. The summed E-state index contributed by atoms with van der Waals surface area (Å²) >= 11 is 0. The lowest BCUT2D eigenvalue weighted by Crippen LogP contribution is -2.52. The summed E-state index contributed by atoms with van der Waals surface area (Å²) in [4.78, 5) is 19.3. The second-order valence-electron chi connectivity index (χ2n) is 8.97. The number of β-amino-alcohol motifs (C(OH)–C–C–N with tert-alkyl or cyclic N) is 1. The minimum absolute atomic E-state index is 0.0708. The molecule has 2 atom stereocenters. The summed E-state index contributed by atoms with van der Waals surface area (Å²) in [7, 11) is 0. The number of rotatable bonds is 11. The first-order chi connectivity index (χ1) is 15.9. The third-order valence-electron chi connectivity index (χ3n) is 5.92. The summed E-state index contributed by atoms with van der Waals surface area (Å²) < 4.78 is 31.2. The van der Waals surface area contributed by atoms with Gasteiger partial charge in [-0.1, -0.05) is 12.1 Å². The summed E-state index contributed by atoms with van der Waals surface area (Å²) in [6, 6.07) is 6.10. The normalized spacial score (nSPS) is 21.3. The Kier molecular flexibility index (Phi) is 10.5. The number of carbonyl (C=O) groups is 1. The molecule has 0 spiro atoms. The first kappa shape index (κ1) is 26.0. The molecule has 0 aromatic heterocycles. The van der Waals surface area contributed by atoms with Crippen LogP contribution in [0.4, 0.5) is 4.39 Å². The Balaban J connectivity index is 1.60. The zero-order valence-corrected chi connectivity index (χ0v) is 19.8. The Hall–Kier alpha value is -1.62. The van der Waals surface area contributed by atoms with Crippen molar-refractivity contribution in [1.29, 1.82) is 0 Å². The van der Waals surface area contributed by atoms with Crippen molar-refractivity contribution in [3.05, 3.63) is 35.6 Å². The second-order valence-corrected chi connectivity index (χ2v) is 8.97. The van der Waals surface area contributed by atoms with Crippen LogP contribution in [-0.2, 0) is 14.2 Å². The van der Waals surface area contributed by atoms with Gasteiger partial charge in [-0.2, -0.15) is 0 Å². The molecular formula is C24H38FN3O5. The highest BCUT2D eigenvalue weighted by atomic mass is 19.1. The van der Waals surface area contributed by atoms with Crippen molar-refractivity contribution in [1.82, 2.24) is 14.7 Å². The summed E-state index contributed by atoms with van der Waals surface area (Å²) in [6.07, 6.45) is -0.720. The molecule has 8 nitrogen and oxygen atoms in total. The Morgan fingerprint density at radius 2 is 1.94 bits per heavy atom. The number of carbonyl (C=O) groups excluding carboxylic acids is 1. The number of benzene rings is 1. The van der Waals surface area contributed by atoms with Gasteiger partial charge < -0.3 is 24.2 Å². The van der Waals surface area contributed by atoms with Crippen molar-refractivity contribution in [2.45, 2.75) is 32.2 Å². The molecule has 186 valence electrons. The molecule has 0 saturated carbocycles. The molecule has 0 aliphatic carbocycles. The predicted molar refractivity (Wildman–Crippen MR) is 123 cm³/mol. The fourth-order valence-corrected chi connectivity index (χ4v) is 4.12. The van der Waals surface area contributed by atoms with Crippen molar-refractivity contribution < 1.29 is 28.5 Å². The van der Waals surface area contributed by atoms with E-state index in [2.05, 4.69) is 9.80 Å². The van der Waals surface area contributed by atoms with Crippen LogP contribution >= 0.6 is 0 Å². The van der Waals surface area contributed by atoms with Crippen molar-refractivity contribution in [2.75, 3.05) is 78.8 Å². The van der Waals surface area contributed by atoms with Gasteiger partial charge in [-0.15, -0.1) is 0 Å². The SMILES string of the molecule is CC(C)OCC(O)CN1CCOC(CN(CCN2CCOCC2)C(=O)c2ccccc2F)C1. The van der Waals surface area contributed by atoms with Crippen molar-refractivity contribution >= 4 is 5.91 Å². The second kappa shape index (κ2) is 13.3. The standard InChI is InChI=1S/C24H38FN3O5/c1-19(2)33-18-20(29)15-27-11-14-32-21(16-27)17-28(8-7-26-9-12-31-13-10-26)24(30)22-5-3-4-6-23(22)25/h3-6,19-21,29H,7-18H2,1-2H3. The van der Waals surface area contributed by atoms with Crippen LogP contribution in [0, 0.1) is 5.82 Å². The quantitative estimate of drug-likeness (QED) is 0.522. The Bertz CT molecular complexity index is 732. The molecule has 0 radical (unpaired) electrons. The summed E-state index contributed by atoms with van der Waals surface area (Å²) in [5.74, 6) is -0.842. The summed E-state index contributed by atoms with van der Waals surface area (Å²) in [6.45, 7) is 11.1. The first-order valence-electron chi connectivity index (χ1n) is 11.9. The van der Waals surface area contributed by atoms with Crippen LogP contribution in [0.2, 0.25) is 0 Å². The van der Waals surface area contributed by atoms with Gasteiger partial charge >= 0.3 is 0 Å². The van der Waals surface area contributed by atoms with E-state index >= 15 is 0 Å². The average molecular weight is 468 g/mol. The fraction of sp³-hybridized carbons (Fsp3) is 0.708. The molecule has 1 aromatic carbocycles. The van der Waals surface area contributed by atoms with Crippen LogP contribution in [-0.4, -0.2) is 123 Å². The maximum Gasteiger partial charge on any atom is 0.256 e. The molecule has 1 amide bonds. The maximum absolute atomic E-state index is 14.4. The highest BCUT2D eigenvalue weighted by Crippen LogP contribution is 2.14. The molecule has 33 heavy (non-hydrogen) atoms. The molecule has 1 aromatic rings. The van der Waals surface area contributed by atoms with Crippen molar-refractivity contribution in [3.63, 3.8) is 0 Å². The molecule has 2 saturated heterocycles. The number of aliphatic hydroxyl groups is 1. The van der Waals surface area contributed by atoms with Gasteiger partial charge in [0.15, 0.2) is 0 Å². The van der Waals surface area contributed by atoms with E-state index in [1.807, 2.05) is 13.8 Å². The fourth-order valence-electron chi connectivity index (χ4n) is 4.12. The number of ether oxygens (including phenoxy) is 3. The van der Waals surface area contributed by atoms with Gasteiger partial charge in [0.1, 0.15) is 5.82 Å². The Labute approximate surface area is 196 Å². The molecule has 2 fully saturated rings. The molecule has 2 unspecified atom stereocenters. The van der Waals surface area contributed by atoms with E-state index in [1.54, 1.807) is 17.0 Å². The van der Waals surface area contributed by atoms with Gasteiger partial charge in [0.05, 0.1) is 50.3 Å². The number of halogens is 1. The van der Waals surface area contributed by atoms with Crippen LogP contribution in [0.15, 0.2) is 24.3 Å². The average Bonchev–Trinajstić information content (AvgIpc) is 2.81. The van der Waals surface area contributed by atoms with E-state index in [9.17, 15) is 14.3 Å². The molecule has 1 N–H and O–H groups in total. The Morgan fingerprint density at radius 3 is 2.67 bits per heavy atom. The van der Waals surface area contributed by atoms with E-state index in [1.165, 1.54) is 12.1 Å². The topological polar surface area (TPSA) is 74.7 Å². The zero-order chi connectivity index (χ0) is 23.6. The molecule has 0 bridgehead atoms. The lowest BCUT2D eigenvalue weighted by atomic mass is 10.1. The van der Waals surface area contributed by atoms with Gasteiger partial charge in [-0.25, -0.2) is 4.39 Å². The minimum Gasteiger partial charge on any atom is -0.389 e.